The number of aromatic nitrogens is 3. The fourth-order valence-corrected chi connectivity index (χ4v) is 5.08. The first-order valence-corrected chi connectivity index (χ1v) is 11.4. The zero-order valence-corrected chi connectivity index (χ0v) is 18.0. The van der Waals surface area contributed by atoms with E-state index in [-0.39, 0.29) is 28.6 Å². The second kappa shape index (κ2) is 9.15. The average molecular weight is 462 g/mol. The maximum Gasteiger partial charge on any atom is 0.256 e. The molecule has 1 aromatic carbocycles. The number of hydrogen-bond donors (Lipinski definition) is 1. The molecule has 1 aliphatic rings. The molecule has 1 amide bonds. The van der Waals surface area contributed by atoms with Gasteiger partial charge in [-0.3, -0.25) is 9.78 Å². The van der Waals surface area contributed by atoms with E-state index in [1.54, 1.807) is 23.1 Å². The lowest BCUT2D eigenvalue weighted by atomic mass is 10.2. The number of halogens is 1. The van der Waals surface area contributed by atoms with Gasteiger partial charge in [-0.15, -0.1) is 0 Å². The molecule has 0 aliphatic carbocycles. The summed E-state index contributed by atoms with van der Waals surface area (Å²) >= 11 is 6.17. The molecule has 0 spiro atoms. The minimum absolute atomic E-state index is 0.0586. The lowest BCUT2D eigenvalue weighted by molar-refractivity contribution is 0.0730. The number of sulfonamides is 1. The van der Waals surface area contributed by atoms with E-state index in [1.165, 1.54) is 22.5 Å². The Bertz CT molecular complexity index is 1180. The van der Waals surface area contributed by atoms with E-state index in [9.17, 15) is 13.2 Å². The van der Waals surface area contributed by atoms with E-state index in [2.05, 4.69) is 15.4 Å². The van der Waals surface area contributed by atoms with Crippen LogP contribution in [0, 0.1) is 0 Å². The Morgan fingerprint density at radius 2 is 1.94 bits per heavy atom. The van der Waals surface area contributed by atoms with Gasteiger partial charge in [0.1, 0.15) is 10.7 Å². The minimum atomic E-state index is -3.84. The highest BCUT2D eigenvalue weighted by atomic mass is 35.5. The molecule has 1 aliphatic heterocycles. The molecule has 0 atom stereocenters. The molecule has 162 valence electrons. The maximum absolute atomic E-state index is 13.0. The maximum atomic E-state index is 13.0. The summed E-state index contributed by atoms with van der Waals surface area (Å²) in [6.45, 7) is 1.49. The zero-order valence-electron chi connectivity index (χ0n) is 16.4. The van der Waals surface area contributed by atoms with Crippen molar-refractivity contribution in [2.75, 3.05) is 31.6 Å². The molecule has 4 rings (SSSR count). The first kappa shape index (κ1) is 21.4. The number of nitrogens with one attached hydrogen (secondary N) is 1. The normalized spacial score (nSPS) is 15.0. The van der Waals surface area contributed by atoms with Gasteiger partial charge in [0.05, 0.1) is 36.7 Å². The fraction of sp³-hybridized carbons (Fsp3) is 0.250. The van der Waals surface area contributed by atoms with Crippen molar-refractivity contribution in [2.45, 2.75) is 11.4 Å². The number of pyridine rings is 1. The zero-order chi connectivity index (χ0) is 21.8. The van der Waals surface area contributed by atoms with Crippen molar-refractivity contribution in [3.05, 3.63) is 71.1 Å². The third kappa shape index (κ3) is 4.77. The van der Waals surface area contributed by atoms with Gasteiger partial charge < -0.3 is 10.1 Å². The number of morpholine rings is 1. The summed E-state index contributed by atoms with van der Waals surface area (Å²) in [5, 5.41) is 7.04. The lowest BCUT2D eigenvalue weighted by Crippen LogP contribution is -2.40. The number of carbonyl (C=O) groups excluding carboxylic acids is 1. The SMILES string of the molecule is O=C(Nc1ccnn1Cc1ccccn1)c1ccc(Cl)c(S(=O)(=O)N2CCOCC2)c1. The minimum Gasteiger partial charge on any atom is -0.379 e. The van der Waals surface area contributed by atoms with Crippen LogP contribution in [0.5, 0.6) is 0 Å². The van der Waals surface area contributed by atoms with Crippen molar-refractivity contribution < 1.29 is 17.9 Å². The van der Waals surface area contributed by atoms with Crippen molar-refractivity contribution in [2.24, 2.45) is 0 Å². The second-order valence-electron chi connectivity index (χ2n) is 6.81. The van der Waals surface area contributed by atoms with E-state index in [1.807, 2.05) is 18.2 Å². The van der Waals surface area contributed by atoms with Crippen molar-refractivity contribution in [1.29, 1.82) is 0 Å². The van der Waals surface area contributed by atoms with Crippen LogP contribution in [0.1, 0.15) is 16.1 Å². The van der Waals surface area contributed by atoms with Gasteiger partial charge in [0, 0.05) is 30.9 Å². The predicted molar refractivity (Wildman–Crippen MR) is 115 cm³/mol. The molecule has 1 N–H and O–H groups in total. The second-order valence-corrected chi connectivity index (χ2v) is 9.12. The molecule has 3 heterocycles. The molecule has 0 saturated carbocycles. The van der Waals surface area contributed by atoms with Crippen LogP contribution in [0.15, 0.2) is 59.8 Å². The van der Waals surface area contributed by atoms with Crippen LogP contribution in [0.4, 0.5) is 5.82 Å². The fourth-order valence-electron chi connectivity index (χ4n) is 3.17. The van der Waals surface area contributed by atoms with Crippen LogP contribution in [-0.2, 0) is 21.3 Å². The molecule has 1 saturated heterocycles. The van der Waals surface area contributed by atoms with Gasteiger partial charge in [-0.1, -0.05) is 17.7 Å². The van der Waals surface area contributed by atoms with Gasteiger partial charge in [0.2, 0.25) is 10.0 Å². The Morgan fingerprint density at radius 1 is 1.13 bits per heavy atom. The standard InChI is InChI=1S/C20H20ClN5O4S/c21-17-5-4-15(13-18(17)31(28,29)25-9-11-30-12-10-25)20(27)24-19-6-8-23-26(19)14-16-3-1-2-7-22-16/h1-8,13H,9-12,14H2,(H,24,27). The molecule has 9 nitrogen and oxygen atoms in total. The largest absolute Gasteiger partial charge is 0.379 e. The van der Waals surface area contributed by atoms with Crippen molar-refractivity contribution in [3.8, 4) is 0 Å². The summed E-state index contributed by atoms with van der Waals surface area (Å²) in [6, 6.07) is 11.4. The Labute approximate surface area is 184 Å². The summed E-state index contributed by atoms with van der Waals surface area (Å²) in [5.41, 5.74) is 0.953. The monoisotopic (exact) mass is 461 g/mol. The summed E-state index contributed by atoms with van der Waals surface area (Å²) < 4.78 is 34.1. The highest BCUT2D eigenvalue weighted by Gasteiger charge is 2.29. The molecule has 0 unspecified atom stereocenters. The van der Waals surface area contributed by atoms with Crippen molar-refractivity contribution in [1.82, 2.24) is 19.1 Å². The lowest BCUT2D eigenvalue weighted by Gasteiger charge is -2.26. The van der Waals surface area contributed by atoms with E-state index >= 15 is 0 Å². The average Bonchev–Trinajstić information content (AvgIpc) is 3.21. The van der Waals surface area contributed by atoms with Crippen molar-refractivity contribution in [3.63, 3.8) is 0 Å². The van der Waals surface area contributed by atoms with Gasteiger partial charge in [0.25, 0.3) is 5.91 Å². The van der Waals surface area contributed by atoms with E-state index < -0.39 is 15.9 Å². The topological polar surface area (TPSA) is 106 Å². The van der Waals surface area contributed by atoms with Crippen LogP contribution in [0.2, 0.25) is 5.02 Å². The highest BCUT2D eigenvalue weighted by Crippen LogP contribution is 2.27. The van der Waals surface area contributed by atoms with Gasteiger partial charge in [-0.25, -0.2) is 13.1 Å². The number of anilines is 1. The third-order valence-electron chi connectivity index (χ3n) is 4.78. The summed E-state index contributed by atoms with van der Waals surface area (Å²) in [6.07, 6.45) is 3.25. The first-order valence-electron chi connectivity index (χ1n) is 9.56. The summed E-state index contributed by atoms with van der Waals surface area (Å²) in [5.74, 6) is -0.0129. The van der Waals surface area contributed by atoms with E-state index in [0.717, 1.165) is 5.69 Å². The van der Waals surface area contributed by atoms with Crippen LogP contribution in [0.3, 0.4) is 0 Å². The highest BCUT2D eigenvalue weighted by molar-refractivity contribution is 7.89. The Hall–Kier alpha value is -2.79. The smallest absolute Gasteiger partial charge is 0.256 e. The number of hydrogen-bond acceptors (Lipinski definition) is 6. The molecule has 0 radical (unpaired) electrons. The molecule has 2 aromatic heterocycles. The van der Waals surface area contributed by atoms with Crippen molar-refractivity contribution >= 4 is 33.3 Å². The number of ether oxygens (including phenoxy) is 1. The molecular formula is C20H20ClN5O4S. The molecule has 3 aromatic rings. The van der Waals surface area contributed by atoms with Gasteiger partial charge in [-0.2, -0.15) is 9.40 Å². The van der Waals surface area contributed by atoms with Crippen LogP contribution in [0.25, 0.3) is 0 Å². The predicted octanol–water partition coefficient (Wildman–Crippen LogP) is 2.25. The number of nitrogens with zero attached hydrogens (tertiary/aromatic N) is 4. The number of amides is 1. The Morgan fingerprint density at radius 3 is 2.68 bits per heavy atom. The van der Waals surface area contributed by atoms with Gasteiger partial charge >= 0.3 is 0 Å². The van der Waals surface area contributed by atoms with Crippen LogP contribution >= 0.6 is 11.6 Å². The molecule has 1 fully saturated rings. The molecule has 31 heavy (non-hydrogen) atoms. The number of rotatable bonds is 6. The van der Waals surface area contributed by atoms with E-state index in [4.69, 9.17) is 16.3 Å². The van der Waals surface area contributed by atoms with Crippen LogP contribution in [-0.4, -0.2) is 59.7 Å². The molecule has 0 bridgehead atoms. The first-order chi connectivity index (χ1) is 14.9. The van der Waals surface area contributed by atoms with Crippen LogP contribution < -0.4 is 5.32 Å². The summed E-state index contributed by atoms with van der Waals surface area (Å²) in [4.78, 5) is 17.0. The summed E-state index contributed by atoms with van der Waals surface area (Å²) in [7, 11) is -3.84. The molecular weight excluding hydrogens is 442 g/mol. The van der Waals surface area contributed by atoms with Gasteiger partial charge in [0.15, 0.2) is 0 Å². The van der Waals surface area contributed by atoms with E-state index in [0.29, 0.717) is 25.6 Å². The number of benzene rings is 1. The quantitative estimate of drug-likeness (QED) is 0.603. The Balaban J connectivity index is 1.55. The third-order valence-corrected chi connectivity index (χ3v) is 7.16. The Kier molecular flexibility index (Phi) is 6.33. The van der Waals surface area contributed by atoms with Gasteiger partial charge in [-0.05, 0) is 30.3 Å². The number of carbonyl (C=O) groups is 1. The molecule has 11 heteroatoms.